The standard InChI is InChI=1S/C22H30N2O3S/c1-17(2)21-15-20(11-12-22(21)27-3)28(25,26)23-16-18-7-9-19(10-8-18)24-13-5-4-6-14-24/h7-12,15,17,23H,4-6,13-14,16H2,1-3H3. The molecule has 0 spiro atoms. The number of nitrogens with one attached hydrogen (secondary N) is 1. The molecule has 1 heterocycles. The average molecular weight is 403 g/mol. The number of benzene rings is 2. The number of sulfonamides is 1. The summed E-state index contributed by atoms with van der Waals surface area (Å²) in [6.45, 7) is 6.51. The van der Waals surface area contributed by atoms with Crippen molar-refractivity contribution in [2.75, 3.05) is 25.1 Å². The number of piperidine rings is 1. The third-order valence-electron chi connectivity index (χ3n) is 5.26. The highest BCUT2D eigenvalue weighted by molar-refractivity contribution is 7.89. The summed E-state index contributed by atoms with van der Waals surface area (Å²) < 4.78 is 33.5. The van der Waals surface area contributed by atoms with Gasteiger partial charge in [0.25, 0.3) is 0 Å². The molecule has 2 aromatic rings. The summed E-state index contributed by atoms with van der Waals surface area (Å²) in [5.74, 6) is 0.884. The van der Waals surface area contributed by atoms with E-state index in [0.717, 1.165) is 24.2 Å². The Morgan fingerprint density at radius 2 is 1.71 bits per heavy atom. The third-order valence-corrected chi connectivity index (χ3v) is 6.66. The molecule has 1 aliphatic rings. The minimum absolute atomic E-state index is 0.174. The molecular weight excluding hydrogens is 372 g/mol. The predicted molar refractivity (Wildman–Crippen MR) is 114 cm³/mol. The number of nitrogens with zero attached hydrogens (tertiary/aromatic N) is 1. The molecule has 6 heteroatoms. The van der Waals surface area contributed by atoms with E-state index < -0.39 is 10.0 Å². The lowest BCUT2D eigenvalue weighted by molar-refractivity contribution is 0.407. The maximum atomic E-state index is 12.7. The number of hydrogen-bond acceptors (Lipinski definition) is 4. The smallest absolute Gasteiger partial charge is 0.240 e. The third kappa shape index (κ3) is 4.86. The molecule has 152 valence electrons. The van der Waals surface area contributed by atoms with Gasteiger partial charge in [-0.05, 0) is 66.6 Å². The first-order valence-electron chi connectivity index (χ1n) is 9.92. The minimum Gasteiger partial charge on any atom is -0.496 e. The van der Waals surface area contributed by atoms with Crippen LogP contribution < -0.4 is 14.4 Å². The molecule has 0 atom stereocenters. The van der Waals surface area contributed by atoms with Crippen LogP contribution in [0.4, 0.5) is 5.69 Å². The van der Waals surface area contributed by atoms with Crippen molar-refractivity contribution in [3.8, 4) is 5.75 Å². The Kier molecular flexibility index (Phi) is 6.62. The first-order chi connectivity index (χ1) is 13.4. The Morgan fingerprint density at radius 3 is 2.32 bits per heavy atom. The van der Waals surface area contributed by atoms with E-state index in [1.54, 1.807) is 25.3 Å². The van der Waals surface area contributed by atoms with Crippen molar-refractivity contribution >= 4 is 15.7 Å². The molecule has 0 aromatic heterocycles. The second-order valence-corrected chi connectivity index (χ2v) is 9.36. The van der Waals surface area contributed by atoms with Crippen molar-refractivity contribution in [3.63, 3.8) is 0 Å². The number of hydrogen-bond donors (Lipinski definition) is 1. The number of ether oxygens (including phenoxy) is 1. The highest BCUT2D eigenvalue weighted by Crippen LogP contribution is 2.29. The molecule has 28 heavy (non-hydrogen) atoms. The van der Waals surface area contributed by atoms with Crippen LogP contribution in [0.25, 0.3) is 0 Å². The van der Waals surface area contributed by atoms with E-state index in [0.29, 0.717) is 5.75 Å². The van der Waals surface area contributed by atoms with Gasteiger partial charge in [-0.3, -0.25) is 0 Å². The number of rotatable bonds is 7. The molecule has 1 aliphatic heterocycles. The van der Waals surface area contributed by atoms with Crippen LogP contribution in [0.3, 0.4) is 0 Å². The zero-order valence-corrected chi connectivity index (χ0v) is 17.8. The van der Waals surface area contributed by atoms with Crippen LogP contribution in [-0.2, 0) is 16.6 Å². The predicted octanol–water partition coefficient (Wildman–Crippen LogP) is 4.29. The first-order valence-corrected chi connectivity index (χ1v) is 11.4. The van der Waals surface area contributed by atoms with Gasteiger partial charge in [-0.1, -0.05) is 26.0 Å². The largest absolute Gasteiger partial charge is 0.496 e. The fourth-order valence-electron chi connectivity index (χ4n) is 3.57. The van der Waals surface area contributed by atoms with Crippen LogP contribution in [0.5, 0.6) is 5.75 Å². The summed E-state index contributed by atoms with van der Waals surface area (Å²) in [7, 11) is -1.99. The van der Waals surface area contributed by atoms with Crippen molar-refractivity contribution in [1.82, 2.24) is 4.72 Å². The van der Waals surface area contributed by atoms with Crippen molar-refractivity contribution in [2.45, 2.75) is 50.5 Å². The summed E-state index contributed by atoms with van der Waals surface area (Å²) in [4.78, 5) is 2.66. The van der Waals surface area contributed by atoms with Gasteiger partial charge in [0.05, 0.1) is 12.0 Å². The van der Waals surface area contributed by atoms with Gasteiger partial charge in [-0.15, -0.1) is 0 Å². The summed E-state index contributed by atoms with van der Waals surface area (Å²) in [5.41, 5.74) is 3.04. The molecule has 3 rings (SSSR count). The fraction of sp³-hybridized carbons (Fsp3) is 0.455. The molecule has 0 saturated carbocycles. The molecule has 0 radical (unpaired) electrons. The Bertz CT molecular complexity index is 886. The Morgan fingerprint density at radius 1 is 1.04 bits per heavy atom. The van der Waals surface area contributed by atoms with Crippen LogP contribution in [0, 0.1) is 0 Å². The quantitative estimate of drug-likeness (QED) is 0.751. The van der Waals surface area contributed by atoms with Gasteiger partial charge in [0, 0.05) is 25.3 Å². The lowest BCUT2D eigenvalue weighted by Crippen LogP contribution is -2.29. The SMILES string of the molecule is COc1ccc(S(=O)(=O)NCc2ccc(N3CCCCC3)cc2)cc1C(C)C. The van der Waals surface area contributed by atoms with E-state index in [1.165, 1.54) is 24.9 Å². The number of anilines is 1. The maximum Gasteiger partial charge on any atom is 0.240 e. The Hall–Kier alpha value is -2.05. The van der Waals surface area contributed by atoms with Crippen molar-refractivity contribution in [2.24, 2.45) is 0 Å². The maximum absolute atomic E-state index is 12.7. The van der Waals surface area contributed by atoms with Crippen molar-refractivity contribution in [3.05, 3.63) is 53.6 Å². The van der Waals surface area contributed by atoms with E-state index >= 15 is 0 Å². The van der Waals surface area contributed by atoms with Gasteiger partial charge in [0.2, 0.25) is 10.0 Å². The molecule has 0 aliphatic carbocycles. The minimum atomic E-state index is -3.59. The van der Waals surface area contributed by atoms with Gasteiger partial charge < -0.3 is 9.64 Å². The molecule has 0 amide bonds. The van der Waals surface area contributed by atoms with Crippen LogP contribution in [0.1, 0.15) is 50.2 Å². The van der Waals surface area contributed by atoms with Crippen LogP contribution >= 0.6 is 0 Å². The zero-order chi connectivity index (χ0) is 20.1. The van der Waals surface area contributed by atoms with Crippen molar-refractivity contribution < 1.29 is 13.2 Å². The van der Waals surface area contributed by atoms with Gasteiger partial charge in [-0.25, -0.2) is 13.1 Å². The van der Waals surface area contributed by atoms with E-state index in [-0.39, 0.29) is 17.4 Å². The van der Waals surface area contributed by atoms with E-state index in [9.17, 15) is 8.42 Å². The first kappa shape index (κ1) is 20.7. The second-order valence-electron chi connectivity index (χ2n) is 7.60. The van der Waals surface area contributed by atoms with Crippen molar-refractivity contribution in [1.29, 1.82) is 0 Å². The Balaban J connectivity index is 1.68. The molecule has 1 N–H and O–H groups in total. The number of methoxy groups -OCH3 is 1. The second kappa shape index (κ2) is 8.97. The van der Waals surface area contributed by atoms with E-state index in [1.807, 2.05) is 26.0 Å². The van der Waals surface area contributed by atoms with Gasteiger partial charge in [0.1, 0.15) is 5.75 Å². The highest BCUT2D eigenvalue weighted by atomic mass is 32.2. The normalized spacial score (nSPS) is 15.1. The topological polar surface area (TPSA) is 58.6 Å². The highest BCUT2D eigenvalue weighted by Gasteiger charge is 2.18. The molecule has 1 fully saturated rings. The van der Waals surface area contributed by atoms with Gasteiger partial charge in [0.15, 0.2) is 0 Å². The van der Waals surface area contributed by atoms with E-state index in [4.69, 9.17) is 4.74 Å². The molecule has 1 saturated heterocycles. The summed E-state index contributed by atoms with van der Waals surface area (Å²) in [6.07, 6.45) is 3.78. The van der Waals surface area contributed by atoms with Gasteiger partial charge >= 0.3 is 0 Å². The van der Waals surface area contributed by atoms with E-state index in [2.05, 4.69) is 21.8 Å². The van der Waals surface area contributed by atoms with Crippen LogP contribution in [0.15, 0.2) is 47.4 Å². The van der Waals surface area contributed by atoms with Crippen LogP contribution in [0.2, 0.25) is 0 Å². The molecule has 2 aromatic carbocycles. The molecule has 5 nitrogen and oxygen atoms in total. The zero-order valence-electron chi connectivity index (χ0n) is 16.9. The fourth-order valence-corrected chi connectivity index (χ4v) is 4.62. The Labute approximate surface area is 168 Å². The lowest BCUT2D eigenvalue weighted by Gasteiger charge is -2.28. The molecule has 0 bridgehead atoms. The van der Waals surface area contributed by atoms with Crippen LogP contribution in [-0.4, -0.2) is 28.6 Å². The van der Waals surface area contributed by atoms with Gasteiger partial charge in [-0.2, -0.15) is 0 Å². The summed E-state index contributed by atoms with van der Waals surface area (Å²) in [5, 5.41) is 0. The summed E-state index contributed by atoms with van der Waals surface area (Å²) in [6, 6.07) is 13.2. The molecule has 0 unspecified atom stereocenters. The molecular formula is C22H30N2O3S. The summed E-state index contributed by atoms with van der Waals surface area (Å²) >= 11 is 0. The average Bonchev–Trinajstić information content (AvgIpc) is 2.72. The monoisotopic (exact) mass is 402 g/mol. The lowest BCUT2D eigenvalue weighted by atomic mass is 10.0.